The zero-order valence-electron chi connectivity index (χ0n) is 16.2. The molecule has 1 aromatic carbocycles. The first-order valence-electron chi connectivity index (χ1n) is 10.5. The van der Waals surface area contributed by atoms with Crippen molar-refractivity contribution in [3.05, 3.63) is 42.0 Å². The second-order valence-electron chi connectivity index (χ2n) is 8.77. The summed E-state index contributed by atoms with van der Waals surface area (Å²) in [6.07, 6.45) is 10.8. The molecule has 4 aliphatic rings. The highest BCUT2D eigenvalue weighted by atomic mass is 16.2. The lowest BCUT2D eigenvalue weighted by molar-refractivity contribution is -0.123. The molecule has 1 aliphatic heterocycles. The Kier molecular flexibility index (Phi) is 4.14. The van der Waals surface area contributed by atoms with Gasteiger partial charge in [-0.2, -0.15) is 0 Å². The van der Waals surface area contributed by atoms with Gasteiger partial charge in [-0.05, 0) is 49.3 Å². The Morgan fingerprint density at radius 2 is 1.64 bits per heavy atom. The molecule has 0 aromatic heterocycles. The fourth-order valence-electron chi connectivity index (χ4n) is 5.77. The van der Waals surface area contributed by atoms with Crippen LogP contribution in [0.15, 0.2) is 36.4 Å². The first-order valence-corrected chi connectivity index (χ1v) is 10.5. The number of amides is 3. The molecule has 3 amide bonds. The van der Waals surface area contributed by atoms with E-state index in [1.807, 2.05) is 11.9 Å². The van der Waals surface area contributed by atoms with Gasteiger partial charge in [-0.3, -0.25) is 14.4 Å². The van der Waals surface area contributed by atoms with Crippen molar-refractivity contribution in [3.8, 4) is 0 Å². The molecule has 2 bridgehead atoms. The monoisotopic (exact) mass is 378 g/mol. The van der Waals surface area contributed by atoms with Crippen molar-refractivity contribution in [3.63, 3.8) is 0 Å². The van der Waals surface area contributed by atoms with Crippen LogP contribution in [0.5, 0.6) is 0 Å². The Balaban J connectivity index is 1.40. The Morgan fingerprint density at radius 1 is 1.00 bits per heavy atom. The van der Waals surface area contributed by atoms with E-state index in [1.54, 1.807) is 24.3 Å². The summed E-state index contributed by atoms with van der Waals surface area (Å²) < 4.78 is 0. The van der Waals surface area contributed by atoms with Crippen LogP contribution in [0, 0.1) is 23.7 Å². The number of fused-ring (bicyclic) bond motifs is 5. The second-order valence-corrected chi connectivity index (χ2v) is 8.77. The first-order chi connectivity index (χ1) is 13.6. The summed E-state index contributed by atoms with van der Waals surface area (Å²) in [5.41, 5.74) is 1.08. The van der Waals surface area contributed by atoms with E-state index in [-0.39, 0.29) is 47.4 Å². The average Bonchev–Trinajstić information content (AvgIpc) is 3.41. The Hall–Kier alpha value is -2.43. The summed E-state index contributed by atoms with van der Waals surface area (Å²) in [4.78, 5) is 42.2. The molecule has 5 heteroatoms. The lowest BCUT2D eigenvalue weighted by Gasteiger charge is -2.31. The van der Waals surface area contributed by atoms with Gasteiger partial charge in [0.2, 0.25) is 11.8 Å². The molecule has 146 valence electrons. The molecule has 3 aliphatic carbocycles. The van der Waals surface area contributed by atoms with Crippen molar-refractivity contribution in [2.45, 2.75) is 44.6 Å². The van der Waals surface area contributed by atoms with E-state index >= 15 is 0 Å². The van der Waals surface area contributed by atoms with Crippen LogP contribution < -0.4 is 4.90 Å². The third kappa shape index (κ3) is 2.55. The predicted molar refractivity (Wildman–Crippen MR) is 106 cm³/mol. The molecule has 1 saturated heterocycles. The largest absolute Gasteiger partial charge is 0.339 e. The molecule has 1 aromatic rings. The van der Waals surface area contributed by atoms with Gasteiger partial charge in [-0.1, -0.05) is 37.5 Å². The van der Waals surface area contributed by atoms with Crippen LogP contribution in [-0.2, 0) is 9.59 Å². The number of benzene rings is 1. The third-order valence-corrected chi connectivity index (χ3v) is 7.26. The van der Waals surface area contributed by atoms with Crippen molar-refractivity contribution in [2.75, 3.05) is 11.9 Å². The normalized spacial score (nSPS) is 31.5. The molecular formula is C23H26N2O3. The molecule has 0 radical (unpaired) electrons. The highest BCUT2D eigenvalue weighted by molar-refractivity contribution is 6.23. The van der Waals surface area contributed by atoms with E-state index in [4.69, 9.17) is 0 Å². The lowest BCUT2D eigenvalue weighted by atomic mass is 9.85. The van der Waals surface area contributed by atoms with Crippen LogP contribution in [0.4, 0.5) is 5.69 Å². The smallest absolute Gasteiger partial charge is 0.253 e. The molecule has 3 fully saturated rings. The minimum atomic E-state index is -0.216. The fraction of sp³-hybridized carbons (Fsp3) is 0.522. The summed E-state index contributed by atoms with van der Waals surface area (Å²) in [6.45, 7) is 0. The zero-order chi connectivity index (χ0) is 19.4. The number of carbonyl (C=O) groups is 3. The molecule has 2 saturated carbocycles. The van der Waals surface area contributed by atoms with Gasteiger partial charge in [0.15, 0.2) is 0 Å². The number of hydrogen-bond donors (Lipinski definition) is 0. The van der Waals surface area contributed by atoms with Gasteiger partial charge in [0.1, 0.15) is 0 Å². The van der Waals surface area contributed by atoms with E-state index in [9.17, 15) is 14.4 Å². The third-order valence-electron chi connectivity index (χ3n) is 7.26. The minimum Gasteiger partial charge on any atom is -0.339 e. The molecule has 28 heavy (non-hydrogen) atoms. The number of rotatable bonds is 3. The topological polar surface area (TPSA) is 57.7 Å². The van der Waals surface area contributed by atoms with Crippen LogP contribution in [0.1, 0.15) is 48.9 Å². The van der Waals surface area contributed by atoms with Gasteiger partial charge in [-0.15, -0.1) is 0 Å². The lowest BCUT2D eigenvalue weighted by Crippen LogP contribution is -2.38. The zero-order valence-corrected chi connectivity index (χ0v) is 16.2. The van der Waals surface area contributed by atoms with Crippen LogP contribution in [0.25, 0.3) is 0 Å². The first kappa shape index (κ1) is 17.7. The van der Waals surface area contributed by atoms with Gasteiger partial charge in [-0.25, -0.2) is 4.90 Å². The van der Waals surface area contributed by atoms with Gasteiger partial charge in [0.05, 0.1) is 17.5 Å². The number of allylic oxidation sites excluding steroid dienone is 2. The molecule has 0 unspecified atom stereocenters. The van der Waals surface area contributed by atoms with E-state index in [0.717, 1.165) is 32.1 Å². The van der Waals surface area contributed by atoms with E-state index < -0.39 is 0 Å². The fourth-order valence-corrected chi connectivity index (χ4v) is 5.77. The van der Waals surface area contributed by atoms with Crippen molar-refractivity contribution in [2.24, 2.45) is 23.7 Å². The summed E-state index contributed by atoms with van der Waals surface area (Å²) in [5.74, 6) is -0.278. The predicted octanol–water partition coefficient (Wildman–Crippen LogP) is 3.40. The number of carbonyl (C=O) groups excluding carboxylic acids is 3. The quantitative estimate of drug-likeness (QED) is 0.598. The summed E-state index contributed by atoms with van der Waals surface area (Å²) in [7, 11) is 1.87. The van der Waals surface area contributed by atoms with E-state index in [0.29, 0.717) is 11.3 Å². The maximum Gasteiger partial charge on any atom is 0.253 e. The van der Waals surface area contributed by atoms with Crippen LogP contribution in [0.3, 0.4) is 0 Å². The summed E-state index contributed by atoms with van der Waals surface area (Å²) in [6, 6.07) is 7.32. The van der Waals surface area contributed by atoms with E-state index in [2.05, 4.69) is 12.2 Å². The van der Waals surface area contributed by atoms with Crippen molar-refractivity contribution in [1.82, 2.24) is 4.90 Å². The SMILES string of the molecule is CN(C(=O)c1cccc(N2C(=O)[C@H]3[C@H](C2=O)[C@H]2C=C[C@H]3C2)c1)C1CCCCC1. The Bertz CT molecular complexity index is 840. The number of anilines is 1. The molecule has 5 nitrogen and oxygen atoms in total. The van der Waals surface area contributed by atoms with Crippen LogP contribution in [0.2, 0.25) is 0 Å². The average molecular weight is 378 g/mol. The minimum absolute atomic E-state index is 0.0326. The highest BCUT2D eigenvalue weighted by Gasteiger charge is 2.59. The Morgan fingerprint density at radius 3 is 2.29 bits per heavy atom. The van der Waals surface area contributed by atoms with Gasteiger partial charge in [0.25, 0.3) is 5.91 Å². The molecule has 4 atom stereocenters. The summed E-state index contributed by atoms with van der Waals surface area (Å²) >= 11 is 0. The number of imide groups is 1. The van der Waals surface area contributed by atoms with E-state index in [1.165, 1.54) is 11.3 Å². The molecule has 5 rings (SSSR count). The molecular weight excluding hydrogens is 352 g/mol. The molecule has 0 N–H and O–H groups in total. The maximum absolute atomic E-state index is 13.0. The van der Waals surface area contributed by atoms with Crippen molar-refractivity contribution < 1.29 is 14.4 Å². The van der Waals surface area contributed by atoms with Gasteiger partial charge >= 0.3 is 0 Å². The molecule has 1 heterocycles. The maximum atomic E-state index is 13.0. The van der Waals surface area contributed by atoms with Crippen molar-refractivity contribution in [1.29, 1.82) is 0 Å². The highest BCUT2D eigenvalue weighted by Crippen LogP contribution is 2.53. The number of hydrogen-bond acceptors (Lipinski definition) is 3. The second kappa shape index (κ2) is 6.57. The Labute approximate surface area is 165 Å². The summed E-state index contributed by atoms with van der Waals surface area (Å²) in [5, 5.41) is 0. The van der Waals surface area contributed by atoms with Crippen LogP contribution in [-0.4, -0.2) is 35.7 Å². The number of nitrogens with zero attached hydrogens (tertiary/aromatic N) is 2. The molecule has 0 spiro atoms. The van der Waals surface area contributed by atoms with Crippen LogP contribution >= 0.6 is 0 Å². The van der Waals surface area contributed by atoms with Crippen molar-refractivity contribution >= 4 is 23.4 Å². The standard InChI is InChI=1S/C23H26N2O3/c1-24(17-7-3-2-4-8-17)21(26)16-6-5-9-18(13-16)25-22(27)19-14-10-11-15(12-14)20(19)23(25)28/h5-6,9-11,13-15,17,19-20H,2-4,7-8,12H2,1H3/t14-,15-,19+,20+/m0/s1. The van der Waals surface area contributed by atoms with Gasteiger partial charge in [0, 0.05) is 18.7 Å². The van der Waals surface area contributed by atoms with Gasteiger partial charge < -0.3 is 4.90 Å².